The second-order valence-electron chi connectivity index (χ2n) is 3.16. The van der Waals surface area contributed by atoms with E-state index in [1.807, 2.05) is 13.0 Å². The normalized spacial score (nSPS) is 10.4. The van der Waals surface area contributed by atoms with Crippen LogP contribution in [0.4, 0.5) is 5.82 Å². The SMILES string of the molecule is COCCOCCNc1cc(Br)nc(C)n1. The van der Waals surface area contributed by atoms with Crippen molar-refractivity contribution in [3.8, 4) is 0 Å². The molecule has 0 amide bonds. The number of halogens is 1. The lowest BCUT2D eigenvalue weighted by Gasteiger charge is -2.07. The Morgan fingerprint density at radius 2 is 2.12 bits per heavy atom. The van der Waals surface area contributed by atoms with Crippen LogP contribution in [-0.4, -0.2) is 43.4 Å². The lowest BCUT2D eigenvalue weighted by molar-refractivity contribution is 0.0759. The zero-order valence-corrected chi connectivity index (χ0v) is 11.1. The van der Waals surface area contributed by atoms with Crippen molar-refractivity contribution in [2.75, 3.05) is 38.8 Å². The number of anilines is 1. The minimum absolute atomic E-state index is 0.616. The highest BCUT2D eigenvalue weighted by Gasteiger charge is 1.98. The molecule has 5 nitrogen and oxygen atoms in total. The van der Waals surface area contributed by atoms with Gasteiger partial charge in [-0.25, -0.2) is 9.97 Å². The van der Waals surface area contributed by atoms with E-state index in [1.54, 1.807) is 7.11 Å². The van der Waals surface area contributed by atoms with Crippen LogP contribution in [0.5, 0.6) is 0 Å². The fourth-order valence-corrected chi connectivity index (χ4v) is 1.59. The molecule has 0 aliphatic carbocycles. The average Bonchev–Trinajstić information content (AvgIpc) is 2.22. The van der Waals surface area contributed by atoms with Crippen LogP contribution in [-0.2, 0) is 9.47 Å². The van der Waals surface area contributed by atoms with Crippen molar-refractivity contribution in [2.45, 2.75) is 6.92 Å². The number of hydrogen-bond acceptors (Lipinski definition) is 5. The molecular weight excluding hydrogens is 274 g/mol. The summed E-state index contributed by atoms with van der Waals surface area (Å²) in [6, 6.07) is 1.84. The minimum Gasteiger partial charge on any atom is -0.382 e. The van der Waals surface area contributed by atoms with Crippen molar-refractivity contribution >= 4 is 21.7 Å². The molecule has 0 aliphatic heterocycles. The van der Waals surface area contributed by atoms with Gasteiger partial charge in [-0.2, -0.15) is 0 Å². The molecule has 90 valence electrons. The molecule has 1 aromatic rings. The standard InChI is InChI=1S/C10H16BrN3O2/c1-8-13-9(11)7-10(14-8)12-3-4-16-6-5-15-2/h7H,3-6H2,1-2H3,(H,12,13,14). The quantitative estimate of drug-likeness (QED) is 0.611. The number of ether oxygens (including phenoxy) is 2. The lowest BCUT2D eigenvalue weighted by Crippen LogP contribution is -2.13. The highest BCUT2D eigenvalue weighted by atomic mass is 79.9. The van der Waals surface area contributed by atoms with Crippen molar-refractivity contribution in [3.63, 3.8) is 0 Å². The molecule has 0 saturated carbocycles. The van der Waals surface area contributed by atoms with Crippen molar-refractivity contribution in [2.24, 2.45) is 0 Å². The number of aromatic nitrogens is 2. The van der Waals surface area contributed by atoms with Crippen molar-refractivity contribution in [3.05, 3.63) is 16.5 Å². The van der Waals surface area contributed by atoms with Gasteiger partial charge in [0.2, 0.25) is 0 Å². The van der Waals surface area contributed by atoms with Crippen LogP contribution in [0.2, 0.25) is 0 Å². The molecule has 16 heavy (non-hydrogen) atoms. The summed E-state index contributed by atoms with van der Waals surface area (Å²) in [5, 5.41) is 3.16. The molecule has 1 rings (SSSR count). The molecule has 0 fully saturated rings. The Morgan fingerprint density at radius 3 is 2.81 bits per heavy atom. The van der Waals surface area contributed by atoms with Crippen molar-refractivity contribution < 1.29 is 9.47 Å². The Morgan fingerprint density at radius 1 is 1.31 bits per heavy atom. The predicted molar refractivity (Wildman–Crippen MR) is 65.7 cm³/mol. The second-order valence-corrected chi connectivity index (χ2v) is 3.97. The smallest absolute Gasteiger partial charge is 0.130 e. The van der Waals surface area contributed by atoms with E-state index >= 15 is 0 Å². The van der Waals surface area contributed by atoms with Crippen LogP contribution in [0.15, 0.2) is 10.7 Å². The minimum atomic E-state index is 0.616. The zero-order chi connectivity index (χ0) is 11.8. The van der Waals surface area contributed by atoms with E-state index in [0.717, 1.165) is 16.2 Å². The van der Waals surface area contributed by atoms with Gasteiger partial charge in [0, 0.05) is 19.7 Å². The first-order valence-corrected chi connectivity index (χ1v) is 5.83. The highest BCUT2D eigenvalue weighted by Crippen LogP contribution is 2.11. The average molecular weight is 290 g/mol. The van der Waals surface area contributed by atoms with Gasteiger partial charge in [-0.3, -0.25) is 0 Å². The molecule has 0 radical (unpaired) electrons. The van der Waals surface area contributed by atoms with E-state index < -0.39 is 0 Å². The van der Waals surface area contributed by atoms with E-state index in [1.165, 1.54) is 0 Å². The molecule has 0 aromatic carbocycles. The van der Waals surface area contributed by atoms with Crippen LogP contribution in [0.25, 0.3) is 0 Å². The van der Waals surface area contributed by atoms with Gasteiger partial charge in [-0.05, 0) is 22.9 Å². The molecule has 1 aromatic heterocycles. The lowest BCUT2D eigenvalue weighted by atomic mass is 10.5. The molecule has 1 N–H and O–H groups in total. The maximum absolute atomic E-state index is 5.31. The molecule has 0 unspecified atom stereocenters. The maximum Gasteiger partial charge on any atom is 0.130 e. The van der Waals surface area contributed by atoms with E-state index in [2.05, 4.69) is 31.2 Å². The summed E-state index contributed by atoms with van der Waals surface area (Å²) in [6.45, 7) is 4.44. The van der Waals surface area contributed by atoms with Gasteiger partial charge in [0.05, 0.1) is 19.8 Å². The third-order valence-electron chi connectivity index (χ3n) is 1.79. The monoisotopic (exact) mass is 289 g/mol. The number of nitrogens with one attached hydrogen (secondary N) is 1. The van der Waals surface area contributed by atoms with Crippen molar-refractivity contribution in [1.82, 2.24) is 9.97 Å². The molecule has 0 bridgehead atoms. The fourth-order valence-electron chi connectivity index (χ4n) is 1.12. The maximum atomic E-state index is 5.31. The van der Waals surface area contributed by atoms with Crippen molar-refractivity contribution in [1.29, 1.82) is 0 Å². The molecule has 0 atom stereocenters. The number of methoxy groups -OCH3 is 1. The highest BCUT2D eigenvalue weighted by molar-refractivity contribution is 9.10. The van der Waals surface area contributed by atoms with Gasteiger partial charge in [-0.15, -0.1) is 0 Å². The van der Waals surface area contributed by atoms with E-state index in [0.29, 0.717) is 26.4 Å². The summed E-state index contributed by atoms with van der Waals surface area (Å²) in [5.74, 6) is 1.53. The number of aryl methyl sites for hydroxylation is 1. The Bertz CT molecular complexity index is 303. The molecule has 6 heteroatoms. The summed E-state index contributed by atoms with van der Waals surface area (Å²) in [6.07, 6.45) is 0. The molecule has 0 saturated heterocycles. The Balaban J connectivity index is 2.21. The van der Waals surface area contributed by atoms with Crippen LogP contribution in [0.3, 0.4) is 0 Å². The third-order valence-corrected chi connectivity index (χ3v) is 2.20. The molecule has 1 heterocycles. The van der Waals surface area contributed by atoms with Gasteiger partial charge < -0.3 is 14.8 Å². The zero-order valence-electron chi connectivity index (χ0n) is 9.49. The largest absolute Gasteiger partial charge is 0.382 e. The van der Waals surface area contributed by atoms with Crippen LogP contribution < -0.4 is 5.32 Å². The molecule has 0 aliphatic rings. The first-order valence-electron chi connectivity index (χ1n) is 5.04. The summed E-state index contributed by atoms with van der Waals surface area (Å²) in [4.78, 5) is 8.36. The van der Waals surface area contributed by atoms with E-state index in [-0.39, 0.29) is 0 Å². The first-order chi connectivity index (χ1) is 7.72. The Kier molecular flexibility index (Phi) is 6.29. The second kappa shape index (κ2) is 7.54. The van der Waals surface area contributed by atoms with Gasteiger partial charge >= 0.3 is 0 Å². The van der Waals surface area contributed by atoms with Gasteiger partial charge in [-0.1, -0.05) is 0 Å². The van der Waals surface area contributed by atoms with E-state index in [9.17, 15) is 0 Å². The molecule has 0 spiro atoms. The van der Waals surface area contributed by atoms with E-state index in [4.69, 9.17) is 9.47 Å². The summed E-state index contributed by atoms with van der Waals surface area (Å²) in [5.41, 5.74) is 0. The molecular formula is C10H16BrN3O2. The summed E-state index contributed by atoms with van der Waals surface area (Å²) >= 11 is 3.32. The Labute approximate surface area is 104 Å². The predicted octanol–water partition coefficient (Wildman–Crippen LogP) is 1.62. The first kappa shape index (κ1) is 13.3. The number of nitrogens with zero attached hydrogens (tertiary/aromatic N) is 2. The fraction of sp³-hybridized carbons (Fsp3) is 0.600. The Hall–Kier alpha value is -0.720. The van der Waals surface area contributed by atoms with Gasteiger partial charge in [0.1, 0.15) is 16.2 Å². The van der Waals surface area contributed by atoms with Crippen LogP contribution >= 0.6 is 15.9 Å². The third kappa shape index (κ3) is 5.39. The topological polar surface area (TPSA) is 56.3 Å². The van der Waals surface area contributed by atoms with Crippen LogP contribution in [0, 0.1) is 6.92 Å². The number of rotatable bonds is 7. The summed E-state index contributed by atoms with van der Waals surface area (Å²) in [7, 11) is 1.66. The number of hydrogen-bond donors (Lipinski definition) is 1. The van der Waals surface area contributed by atoms with Crippen LogP contribution in [0.1, 0.15) is 5.82 Å². The summed E-state index contributed by atoms with van der Waals surface area (Å²) < 4.78 is 11.0. The van der Waals surface area contributed by atoms with Gasteiger partial charge in [0.15, 0.2) is 0 Å². The van der Waals surface area contributed by atoms with Gasteiger partial charge in [0.25, 0.3) is 0 Å².